The van der Waals surface area contributed by atoms with Crippen LogP contribution in [0.25, 0.3) is 0 Å². The second-order valence-electron chi connectivity index (χ2n) is 12.9. The molecule has 0 bridgehead atoms. The van der Waals surface area contributed by atoms with Gasteiger partial charge in [-0.25, -0.2) is 4.18 Å². The number of allylic oxidation sites excluding steroid dienone is 5. The van der Waals surface area contributed by atoms with E-state index >= 15 is 0 Å². The van der Waals surface area contributed by atoms with Gasteiger partial charge in [-0.05, 0) is 57.8 Å². The van der Waals surface area contributed by atoms with Gasteiger partial charge in [0.2, 0.25) is 5.91 Å². The smallest absolute Gasteiger partial charge is 0.394 e. The Morgan fingerprint density at radius 1 is 0.800 bits per heavy atom. The van der Waals surface area contributed by atoms with Crippen LogP contribution in [-0.4, -0.2) is 107 Å². The Balaban J connectivity index is 2.76. The minimum absolute atomic E-state index is 0.205. The third-order valence-corrected chi connectivity index (χ3v) is 8.97. The van der Waals surface area contributed by atoms with Crippen LogP contribution >= 0.6 is 0 Å². The minimum Gasteiger partial charge on any atom is -0.394 e. The summed E-state index contributed by atoms with van der Waals surface area (Å²) in [6.07, 6.45) is 17.0. The molecule has 1 aliphatic rings. The average molecular weight is 736 g/mol. The van der Waals surface area contributed by atoms with E-state index in [4.69, 9.17) is 14.0 Å². The summed E-state index contributed by atoms with van der Waals surface area (Å²) >= 11 is 0. The zero-order valence-corrected chi connectivity index (χ0v) is 30.9. The Hall–Kier alpha value is -1.72. The molecule has 1 amide bonds. The molecular weight excluding hydrogens is 670 g/mol. The van der Waals surface area contributed by atoms with E-state index in [1.807, 2.05) is 0 Å². The van der Waals surface area contributed by atoms with Crippen molar-refractivity contribution in [2.75, 3.05) is 13.2 Å². The lowest BCUT2D eigenvalue weighted by molar-refractivity contribution is -0.298. The van der Waals surface area contributed by atoms with Crippen molar-refractivity contribution in [3.8, 4) is 0 Å². The van der Waals surface area contributed by atoms with Crippen LogP contribution in [0.15, 0.2) is 36.5 Å². The third kappa shape index (κ3) is 21.0. The van der Waals surface area contributed by atoms with Gasteiger partial charge in [-0.15, -0.1) is 0 Å². The third-order valence-electron chi connectivity index (χ3n) is 8.50. The quantitative estimate of drug-likeness (QED) is 0.0328. The summed E-state index contributed by atoms with van der Waals surface area (Å²) in [5.74, 6) is -0.735. The summed E-state index contributed by atoms with van der Waals surface area (Å²) in [5, 5.41) is 54.6. The van der Waals surface area contributed by atoms with Gasteiger partial charge in [0.15, 0.2) is 6.29 Å². The van der Waals surface area contributed by atoms with E-state index in [-0.39, 0.29) is 6.42 Å². The van der Waals surface area contributed by atoms with E-state index in [0.29, 0.717) is 12.8 Å². The zero-order chi connectivity index (χ0) is 37.2. The largest absolute Gasteiger partial charge is 0.397 e. The van der Waals surface area contributed by atoms with Crippen LogP contribution in [0.3, 0.4) is 0 Å². The molecule has 8 unspecified atom stereocenters. The van der Waals surface area contributed by atoms with E-state index < -0.39 is 78.5 Å². The molecule has 292 valence electrons. The molecule has 13 nitrogen and oxygen atoms in total. The lowest BCUT2D eigenvalue weighted by atomic mass is 9.99. The first-order valence-electron chi connectivity index (χ1n) is 18.5. The normalized spacial score (nSPS) is 23.6. The number of nitrogens with one attached hydrogen (secondary N) is 1. The highest BCUT2D eigenvalue weighted by atomic mass is 32.3. The Morgan fingerprint density at radius 2 is 1.34 bits per heavy atom. The second kappa shape index (κ2) is 27.9. The van der Waals surface area contributed by atoms with E-state index in [2.05, 4.69) is 47.7 Å². The molecule has 50 heavy (non-hydrogen) atoms. The van der Waals surface area contributed by atoms with Gasteiger partial charge in [0.25, 0.3) is 0 Å². The molecule has 0 aromatic carbocycles. The van der Waals surface area contributed by atoms with Gasteiger partial charge in [0, 0.05) is 0 Å². The number of amides is 1. The maximum absolute atomic E-state index is 12.9. The van der Waals surface area contributed by atoms with Crippen LogP contribution < -0.4 is 5.32 Å². The van der Waals surface area contributed by atoms with Crippen molar-refractivity contribution in [1.29, 1.82) is 0 Å². The van der Waals surface area contributed by atoms with Crippen LogP contribution in [-0.2, 0) is 28.9 Å². The first kappa shape index (κ1) is 46.3. The first-order valence-corrected chi connectivity index (χ1v) is 19.8. The van der Waals surface area contributed by atoms with E-state index in [0.717, 1.165) is 44.9 Å². The number of unbranched alkanes of at least 4 members (excludes halogenated alkanes) is 12. The summed E-state index contributed by atoms with van der Waals surface area (Å²) in [6, 6.07) is -1.14. The Labute approximate surface area is 299 Å². The zero-order valence-electron chi connectivity index (χ0n) is 30.1. The second-order valence-corrected chi connectivity index (χ2v) is 14.0. The van der Waals surface area contributed by atoms with Crippen LogP contribution in [0.1, 0.15) is 123 Å². The SMILES string of the molecule is CCCCC/C=C/CC/C=C/C(O)C(COC1OC(CO)C(O)C(OS(=O)(=O)O)C1O)NC(=O)C(O)CCCC/C=C\CCCCCCCC. The predicted octanol–water partition coefficient (Wildman–Crippen LogP) is 4.18. The molecule has 0 spiro atoms. The molecule has 1 fully saturated rings. The number of hydrogen-bond donors (Lipinski definition) is 7. The van der Waals surface area contributed by atoms with Gasteiger partial charge in [-0.1, -0.05) is 102 Å². The predicted molar refractivity (Wildman–Crippen MR) is 191 cm³/mol. The summed E-state index contributed by atoms with van der Waals surface area (Å²) in [7, 11) is -5.11. The minimum atomic E-state index is -5.11. The molecule has 8 atom stereocenters. The fourth-order valence-corrected chi connectivity index (χ4v) is 5.98. The highest BCUT2D eigenvalue weighted by Crippen LogP contribution is 2.26. The van der Waals surface area contributed by atoms with Crippen LogP contribution in [0.5, 0.6) is 0 Å². The van der Waals surface area contributed by atoms with Crippen molar-refractivity contribution < 1.29 is 57.0 Å². The fourth-order valence-electron chi connectivity index (χ4n) is 5.47. The fraction of sp³-hybridized carbons (Fsp3) is 0.806. The molecule has 14 heteroatoms. The maximum Gasteiger partial charge on any atom is 0.397 e. The molecule has 0 aromatic heterocycles. The van der Waals surface area contributed by atoms with Gasteiger partial charge in [0.05, 0.1) is 25.4 Å². The van der Waals surface area contributed by atoms with Crippen molar-refractivity contribution in [2.45, 2.75) is 172 Å². The highest BCUT2D eigenvalue weighted by molar-refractivity contribution is 7.80. The van der Waals surface area contributed by atoms with Crippen LogP contribution in [0.4, 0.5) is 0 Å². The lowest BCUT2D eigenvalue weighted by Gasteiger charge is -2.41. The van der Waals surface area contributed by atoms with E-state index in [1.165, 1.54) is 51.0 Å². The number of hydrogen-bond acceptors (Lipinski definition) is 11. The van der Waals surface area contributed by atoms with Crippen molar-refractivity contribution in [3.05, 3.63) is 36.5 Å². The van der Waals surface area contributed by atoms with Crippen LogP contribution in [0.2, 0.25) is 0 Å². The molecule has 1 aliphatic heterocycles. The van der Waals surface area contributed by atoms with Crippen LogP contribution in [0, 0.1) is 0 Å². The number of aliphatic hydroxyl groups is 5. The van der Waals surface area contributed by atoms with Crippen molar-refractivity contribution >= 4 is 16.3 Å². The molecule has 7 N–H and O–H groups in total. The number of carbonyl (C=O) groups is 1. The Morgan fingerprint density at radius 3 is 1.96 bits per heavy atom. The number of ether oxygens (including phenoxy) is 2. The summed E-state index contributed by atoms with van der Waals surface area (Å²) in [4.78, 5) is 12.9. The lowest BCUT2D eigenvalue weighted by Crippen LogP contribution is -2.61. The van der Waals surface area contributed by atoms with Gasteiger partial charge in [0.1, 0.15) is 30.5 Å². The monoisotopic (exact) mass is 735 g/mol. The molecule has 0 radical (unpaired) electrons. The molecule has 0 saturated carbocycles. The Bertz CT molecular complexity index is 1070. The molecular formula is C36H65NO12S. The molecule has 1 heterocycles. The standard InChI is InChI=1S/C36H65NO12S/c1-3-5-7-9-11-13-14-15-17-19-21-23-25-30(40)35(43)37-28(29(39)24-22-20-18-16-12-10-8-6-4-2)27-47-36-33(42)34(49-50(44,45)46)32(41)31(26-38)48-36/h12,15-17,22,24,28-34,36,38-42H,3-11,13-14,18-21,23,25-27H2,1-2H3,(H,37,43)(H,44,45,46)/b16-12+,17-15-,24-22+. The van der Waals surface area contributed by atoms with Gasteiger partial charge in [-0.2, -0.15) is 8.42 Å². The van der Waals surface area contributed by atoms with Crippen molar-refractivity contribution in [2.24, 2.45) is 0 Å². The summed E-state index contributed by atoms with van der Waals surface area (Å²) < 4.78 is 47.1. The van der Waals surface area contributed by atoms with Crippen molar-refractivity contribution in [3.63, 3.8) is 0 Å². The highest BCUT2D eigenvalue weighted by Gasteiger charge is 2.48. The number of rotatable bonds is 29. The van der Waals surface area contributed by atoms with E-state index in [9.17, 15) is 38.7 Å². The van der Waals surface area contributed by atoms with Gasteiger partial charge in [-0.3, -0.25) is 9.35 Å². The summed E-state index contributed by atoms with van der Waals surface area (Å²) in [5.41, 5.74) is 0. The topological polar surface area (TPSA) is 212 Å². The molecule has 1 rings (SSSR count). The first-order chi connectivity index (χ1) is 23.9. The van der Waals surface area contributed by atoms with Gasteiger partial charge >= 0.3 is 10.4 Å². The Kier molecular flexibility index (Phi) is 25.8. The molecule has 0 aliphatic carbocycles. The average Bonchev–Trinajstić information content (AvgIpc) is 3.08. The van der Waals surface area contributed by atoms with Gasteiger partial charge < -0.3 is 40.3 Å². The summed E-state index contributed by atoms with van der Waals surface area (Å²) in [6.45, 7) is 3.06. The maximum atomic E-state index is 12.9. The van der Waals surface area contributed by atoms with E-state index in [1.54, 1.807) is 6.08 Å². The molecule has 1 saturated heterocycles. The van der Waals surface area contributed by atoms with Crippen molar-refractivity contribution in [1.82, 2.24) is 5.32 Å². The number of aliphatic hydroxyl groups excluding tert-OH is 5. The number of carbonyl (C=O) groups excluding carboxylic acids is 1. The molecule has 0 aromatic rings.